The number of hydrogen-bond acceptors (Lipinski definition) is 2. The number of benzene rings is 2. The van der Waals surface area contributed by atoms with Gasteiger partial charge < -0.3 is 0 Å². The Labute approximate surface area is 155 Å². The SMILES string of the molecule is CCCCCCCCc1ccc(C(=O)c2ccc(Cl)cc2)c(S)c1. The fourth-order valence-electron chi connectivity index (χ4n) is 2.79. The van der Waals surface area contributed by atoms with E-state index >= 15 is 0 Å². The molecule has 0 unspecified atom stereocenters. The number of carbonyl (C=O) groups is 1. The molecule has 2 aromatic rings. The molecule has 0 amide bonds. The van der Waals surface area contributed by atoms with Gasteiger partial charge in [-0.05, 0) is 54.8 Å². The molecule has 0 atom stereocenters. The van der Waals surface area contributed by atoms with E-state index in [0.29, 0.717) is 16.1 Å². The molecule has 0 aliphatic rings. The van der Waals surface area contributed by atoms with Gasteiger partial charge in [0.25, 0.3) is 0 Å². The predicted molar refractivity (Wildman–Crippen MR) is 106 cm³/mol. The molecule has 2 rings (SSSR count). The van der Waals surface area contributed by atoms with Crippen molar-refractivity contribution in [3.8, 4) is 0 Å². The third-order valence-electron chi connectivity index (χ3n) is 4.23. The third kappa shape index (κ3) is 5.68. The Kier molecular flexibility index (Phi) is 7.87. The average molecular weight is 361 g/mol. The first-order chi connectivity index (χ1) is 11.6. The summed E-state index contributed by atoms with van der Waals surface area (Å²) in [5.74, 6) is -0.0113. The van der Waals surface area contributed by atoms with Crippen LogP contribution in [0.4, 0.5) is 0 Å². The maximum Gasteiger partial charge on any atom is 0.194 e. The summed E-state index contributed by atoms with van der Waals surface area (Å²) < 4.78 is 0. The normalized spacial score (nSPS) is 10.8. The number of carbonyl (C=O) groups excluding carboxylic acids is 1. The molecule has 0 radical (unpaired) electrons. The maximum atomic E-state index is 12.6. The number of aryl methyl sites for hydroxylation is 1. The van der Waals surface area contributed by atoms with E-state index in [-0.39, 0.29) is 5.78 Å². The van der Waals surface area contributed by atoms with Gasteiger partial charge in [0, 0.05) is 21.0 Å². The van der Waals surface area contributed by atoms with Gasteiger partial charge in [0.1, 0.15) is 0 Å². The van der Waals surface area contributed by atoms with Gasteiger partial charge in [-0.2, -0.15) is 0 Å². The largest absolute Gasteiger partial charge is 0.289 e. The average Bonchev–Trinajstić information content (AvgIpc) is 2.58. The van der Waals surface area contributed by atoms with E-state index in [2.05, 4.69) is 25.6 Å². The molecule has 0 fully saturated rings. The Hall–Kier alpha value is -1.25. The quantitative estimate of drug-likeness (QED) is 0.297. The molecule has 0 bridgehead atoms. The van der Waals surface area contributed by atoms with Crippen LogP contribution in [0.5, 0.6) is 0 Å². The van der Waals surface area contributed by atoms with E-state index in [0.717, 1.165) is 11.3 Å². The minimum atomic E-state index is -0.0113. The van der Waals surface area contributed by atoms with Crippen LogP contribution >= 0.6 is 24.2 Å². The van der Waals surface area contributed by atoms with Crippen LogP contribution in [0.3, 0.4) is 0 Å². The van der Waals surface area contributed by atoms with E-state index in [4.69, 9.17) is 11.6 Å². The fraction of sp³-hybridized carbons (Fsp3) is 0.381. The van der Waals surface area contributed by atoms with Crippen molar-refractivity contribution in [1.82, 2.24) is 0 Å². The lowest BCUT2D eigenvalue weighted by Crippen LogP contribution is -2.03. The molecule has 0 spiro atoms. The number of halogens is 1. The molecule has 0 saturated heterocycles. The van der Waals surface area contributed by atoms with Gasteiger partial charge in [-0.1, -0.05) is 56.7 Å². The van der Waals surface area contributed by atoms with Crippen LogP contribution in [0.15, 0.2) is 47.4 Å². The highest BCUT2D eigenvalue weighted by atomic mass is 35.5. The predicted octanol–water partition coefficient (Wildman–Crippen LogP) is 6.76. The molecule has 0 N–H and O–H groups in total. The van der Waals surface area contributed by atoms with Gasteiger partial charge in [0.2, 0.25) is 0 Å². The van der Waals surface area contributed by atoms with Crippen LogP contribution in [0.1, 0.15) is 66.9 Å². The van der Waals surface area contributed by atoms with Crippen molar-refractivity contribution in [1.29, 1.82) is 0 Å². The number of thiol groups is 1. The second-order valence-electron chi connectivity index (χ2n) is 6.21. The van der Waals surface area contributed by atoms with E-state index in [1.54, 1.807) is 24.3 Å². The van der Waals surface area contributed by atoms with Gasteiger partial charge in [0.15, 0.2) is 5.78 Å². The smallest absolute Gasteiger partial charge is 0.194 e. The summed E-state index contributed by atoms with van der Waals surface area (Å²) >= 11 is 10.4. The van der Waals surface area contributed by atoms with E-state index in [1.165, 1.54) is 44.1 Å². The lowest BCUT2D eigenvalue weighted by Gasteiger charge is -2.08. The summed E-state index contributed by atoms with van der Waals surface area (Å²) in [5.41, 5.74) is 2.54. The summed E-state index contributed by atoms with van der Waals surface area (Å²) in [4.78, 5) is 13.3. The van der Waals surface area contributed by atoms with Crippen molar-refractivity contribution < 1.29 is 4.79 Å². The number of hydrogen-bond donors (Lipinski definition) is 1. The maximum absolute atomic E-state index is 12.6. The minimum absolute atomic E-state index is 0.0113. The minimum Gasteiger partial charge on any atom is -0.289 e. The topological polar surface area (TPSA) is 17.1 Å². The highest BCUT2D eigenvalue weighted by Gasteiger charge is 2.12. The Morgan fingerprint density at radius 1 is 0.958 bits per heavy atom. The zero-order chi connectivity index (χ0) is 17.4. The molecule has 0 saturated carbocycles. The number of unbranched alkanes of at least 4 members (excludes halogenated alkanes) is 5. The van der Waals surface area contributed by atoms with Crippen molar-refractivity contribution in [2.75, 3.05) is 0 Å². The molecule has 0 aliphatic heterocycles. The molecule has 128 valence electrons. The Bertz CT molecular complexity index is 664. The lowest BCUT2D eigenvalue weighted by molar-refractivity contribution is 0.103. The van der Waals surface area contributed by atoms with Crippen LogP contribution in [0.25, 0.3) is 0 Å². The molecular formula is C21H25ClOS. The molecule has 0 aliphatic carbocycles. The van der Waals surface area contributed by atoms with Gasteiger partial charge in [-0.3, -0.25) is 4.79 Å². The van der Waals surface area contributed by atoms with E-state index < -0.39 is 0 Å². The van der Waals surface area contributed by atoms with Crippen LogP contribution < -0.4 is 0 Å². The highest BCUT2D eigenvalue weighted by Crippen LogP contribution is 2.22. The highest BCUT2D eigenvalue weighted by molar-refractivity contribution is 7.80. The lowest BCUT2D eigenvalue weighted by atomic mass is 9.99. The Balaban J connectivity index is 1.94. The zero-order valence-electron chi connectivity index (χ0n) is 14.2. The molecule has 24 heavy (non-hydrogen) atoms. The van der Waals surface area contributed by atoms with Crippen molar-refractivity contribution in [3.63, 3.8) is 0 Å². The van der Waals surface area contributed by atoms with Crippen molar-refractivity contribution in [2.24, 2.45) is 0 Å². The molecule has 0 heterocycles. The fourth-order valence-corrected chi connectivity index (χ4v) is 3.26. The monoisotopic (exact) mass is 360 g/mol. The Morgan fingerprint density at radius 2 is 1.62 bits per heavy atom. The van der Waals surface area contributed by atoms with Crippen LogP contribution in [0.2, 0.25) is 5.02 Å². The summed E-state index contributed by atoms with van der Waals surface area (Å²) in [7, 11) is 0. The standard InChI is InChI=1S/C21H25ClOS/c1-2-3-4-5-6-7-8-16-9-14-19(20(24)15-16)21(23)17-10-12-18(22)13-11-17/h9-15,24H,2-8H2,1H3. The molecular weight excluding hydrogens is 336 g/mol. The number of rotatable bonds is 9. The zero-order valence-corrected chi connectivity index (χ0v) is 15.9. The van der Waals surface area contributed by atoms with Gasteiger partial charge in [0.05, 0.1) is 0 Å². The molecule has 3 heteroatoms. The van der Waals surface area contributed by atoms with Crippen LogP contribution in [-0.2, 0) is 6.42 Å². The van der Waals surface area contributed by atoms with E-state index in [9.17, 15) is 4.79 Å². The van der Waals surface area contributed by atoms with Gasteiger partial charge >= 0.3 is 0 Å². The van der Waals surface area contributed by atoms with Gasteiger partial charge in [-0.15, -0.1) is 12.6 Å². The first kappa shape index (κ1) is 19.1. The number of ketones is 1. The second kappa shape index (κ2) is 9.90. The molecule has 1 nitrogen and oxygen atoms in total. The van der Waals surface area contributed by atoms with Crippen LogP contribution in [-0.4, -0.2) is 5.78 Å². The van der Waals surface area contributed by atoms with Gasteiger partial charge in [-0.25, -0.2) is 0 Å². The van der Waals surface area contributed by atoms with Crippen LogP contribution in [0, 0.1) is 0 Å². The van der Waals surface area contributed by atoms with E-state index in [1.807, 2.05) is 12.1 Å². The van der Waals surface area contributed by atoms with Crippen molar-refractivity contribution >= 4 is 30.0 Å². The second-order valence-corrected chi connectivity index (χ2v) is 7.12. The first-order valence-corrected chi connectivity index (χ1v) is 9.56. The molecule has 0 aromatic heterocycles. The molecule has 2 aromatic carbocycles. The summed E-state index contributed by atoms with van der Waals surface area (Å²) in [6.45, 7) is 2.24. The summed E-state index contributed by atoms with van der Waals surface area (Å²) in [5, 5.41) is 0.631. The summed E-state index contributed by atoms with van der Waals surface area (Å²) in [6.07, 6.45) is 8.79. The van der Waals surface area contributed by atoms with Crippen molar-refractivity contribution in [3.05, 3.63) is 64.2 Å². The summed E-state index contributed by atoms with van der Waals surface area (Å²) in [6, 6.07) is 12.9. The third-order valence-corrected chi connectivity index (χ3v) is 4.85. The Morgan fingerprint density at radius 3 is 2.29 bits per heavy atom. The first-order valence-electron chi connectivity index (χ1n) is 8.74. The van der Waals surface area contributed by atoms with Crippen molar-refractivity contribution in [2.45, 2.75) is 56.8 Å².